The first-order valence-electron chi connectivity index (χ1n) is 2.67. The van der Waals surface area contributed by atoms with Crippen LogP contribution < -0.4 is 29.6 Å². The van der Waals surface area contributed by atoms with E-state index in [0.717, 1.165) is 0 Å². The molecule has 8 heavy (non-hydrogen) atoms. The summed E-state index contributed by atoms with van der Waals surface area (Å²) in [5.74, 6) is 0.354. The molecular formula is C6H15NaO. The van der Waals surface area contributed by atoms with Gasteiger partial charge in [0.05, 0.1) is 5.60 Å². The normalized spacial score (nSPS) is 11.2. The minimum Gasteiger partial charge on any atom is -1.00 e. The Kier molecular flexibility index (Phi) is 5.69. The molecule has 0 unspecified atom stereocenters. The minimum absolute atomic E-state index is 0. The molecular weight excluding hydrogens is 111 g/mol. The minimum atomic E-state index is -0.500. The van der Waals surface area contributed by atoms with Crippen molar-refractivity contribution in [3.63, 3.8) is 0 Å². The average Bonchev–Trinajstić information content (AvgIpc) is 1.31. The molecule has 0 saturated carbocycles. The van der Waals surface area contributed by atoms with Crippen molar-refractivity contribution in [3.8, 4) is 0 Å². The number of aliphatic hydroxyl groups is 1. The molecule has 0 aliphatic heterocycles. The zero-order valence-corrected chi connectivity index (χ0v) is 8.52. The molecule has 0 bridgehead atoms. The SMILES string of the molecule is CC(C)C(C)(C)O.[H-].[Na+]. The smallest absolute Gasteiger partial charge is 1.00 e. The molecule has 0 spiro atoms. The van der Waals surface area contributed by atoms with Crippen LogP contribution in [-0.4, -0.2) is 10.7 Å². The monoisotopic (exact) mass is 126 g/mol. The van der Waals surface area contributed by atoms with Crippen LogP contribution in [0.25, 0.3) is 0 Å². The van der Waals surface area contributed by atoms with Gasteiger partial charge in [-0.05, 0) is 19.8 Å². The predicted molar refractivity (Wildman–Crippen MR) is 32.2 cm³/mol. The summed E-state index contributed by atoms with van der Waals surface area (Å²) in [6.07, 6.45) is 0. The van der Waals surface area contributed by atoms with Crippen LogP contribution in [0.5, 0.6) is 0 Å². The zero-order chi connectivity index (χ0) is 6.08. The van der Waals surface area contributed by atoms with Crippen molar-refractivity contribution in [2.45, 2.75) is 33.3 Å². The van der Waals surface area contributed by atoms with Gasteiger partial charge in [-0.1, -0.05) is 13.8 Å². The fourth-order valence-electron chi connectivity index (χ4n) is 0. The summed E-state index contributed by atoms with van der Waals surface area (Å²) in [5.41, 5.74) is -0.500. The second kappa shape index (κ2) is 3.89. The molecule has 0 radical (unpaired) electrons. The first-order chi connectivity index (χ1) is 2.94. The summed E-state index contributed by atoms with van der Waals surface area (Å²) in [6, 6.07) is 0. The average molecular weight is 126 g/mol. The van der Waals surface area contributed by atoms with E-state index in [1.165, 1.54) is 0 Å². The molecule has 0 aromatic heterocycles. The maximum atomic E-state index is 9.09. The molecule has 0 aliphatic rings. The topological polar surface area (TPSA) is 20.2 Å². The molecule has 0 amide bonds. The summed E-state index contributed by atoms with van der Waals surface area (Å²) in [7, 11) is 0. The van der Waals surface area contributed by atoms with E-state index in [1.807, 2.05) is 27.7 Å². The van der Waals surface area contributed by atoms with Crippen molar-refractivity contribution in [1.29, 1.82) is 0 Å². The van der Waals surface area contributed by atoms with Gasteiger partial charge in [-0.15, -0.1) is 0 Å². The van der Waals surface area contributed by atoms with Crippen LogP contribution in [0.4, 0.5) is 0 Å². The first kappa shape index (κ1) is 11.7. The standard InChI is InChI=1S/C6H14O.Na.H/c1-5(2)6(3,4)7;;/h5,7H,1-4H3;;/q;+1;-1. The number of hydrogen-bond donors (Lipinski definition) is 1. The van der Waals surface area contributed by atoms with Crippen molar-refractivity contribution >= 4 is 0 Å². The van der Waals surface area contributed by atoms with Gasteiger partial charge in [-0.3, -0.25) is 0 Å². The Morgan fingerprint density at radius 1 is 1.38 bits per heavy atom. The van der Waals surface area contributed by atoms with Crippen molar-refractivity contribution in [1.82, 2.24) is 0 Å². The second-order valence-electron chi connectivity index (χ2n) is 2.81. The van der Waals surface area contributed by atoms with Crippen LogP contribution in [0.3, 0.4) is 0 Å². The van der Waals surface area contributed by atoms with Crippen molar-refractivity contribution < 1.29 is 36.1 Å². The van der Waals surface area contributed by atoms with E-state index in [2.05, 4.69) is 0 Å². The van der Waals surface area contributed by atoms with Gasteiger partial charge < -0.3 is 6.53 Å². The van der Waals surface area contributed by atoms with Crippen LogP contribution in [0, 0.1) is 5.92 Å². The van der Waals surface area contributed by atoms with E-state index in [0.29, 0.717) is 5.92 Å². The van der Waals surface area contributed by atoms with E-state index >= 15 is 0 Å². The van der Waals surface area contributed by atoms with Crippen molar-refractivity contribution in [3.05, 3.63) is 0 Å². The van der Waals surface area contributed by atoms with E-state index < -0.39 is 5.60 Å². The molecule has 0 fully saturated rings. The molecule has 0 heterocycles. The van der Waals surface area contributed by atoms with Gasteiger partial charge in [-0.2, -0.15) is 0 Å². The number of rotatable bonds is 1. The van der Waals surface area contributed by atoms with Crippen molar-refractivity contribution in [2.75, 3.05) is 0 Å². The van der Waals surface area contributed by atoms with Gasteiger partial charge >= 0.3 is 29.6 Å². The molecule has 0 aliphatic carbocycles. The Bertz CT molecular complexity index is 58.6. The van der Waals surface area contributed by atoms with E-state index in [9.17, 15) is 0 Å². The van der Waals surface area contributed by atoms with Crippen LogP contribution >= 0.6 is 0 Å². The molecule has 0 rings (SSSR count). The van der Waals surface area contributed by atoms with Gasteiger partial charge in [0, 0.05) is 0 Å². The Labute approximate surface area is 75.3 Å². The third kappa shape index (κ3) is 5.10. The van der Waals surface area contributed by atoms with Gasteiger partial charge in [0.15, 0.2) is 0 Å². The first-order valence-corrected chi connectivity index (χ1v) is 2.67. The second-order valence-corrected chi connectivity index (χ2v) is 2.81. The van der Waals surface area contributed by atoms with Crippen LogP contribution in [-0.2, 0) is 0 Å². The Balaban J connectivity index is -0.000000180. The predicted octanol–water partition coefficient (Wildman–Crippen LogP) is -1.47. The largest absolute Gasteiger partial charge is 1.00 e. The fraction of sp³-hybridized carbons (Fsp3) is 1.00. The summed E-state index contributed by atoms with van der Waals surface area (Å²) in [4.78, 5) is 0. The maximum absolute atomic E-state index is 9.09. The summed E-state index contributed by atoms with van der Waals surface area (Å²) in [5, 5.41) is 9.09. The molecule has 0 atom stereocenters. The number of hydrogen-bond acceptors (Lipinski definition) is 1. The molecule has 0 saturated heterocycles. The van der Waals surface area contributed by atoms with E-state index in [4.69, 9.17) is 5.11 Å². The molecule has 1 N–H and O–H groups in total. The molecule has 0 aromatic carbocycles. The molecule has 2 heteroatoms. The Hall–Kier alpha value is 0.960. The Morgan fingerprint density at radius 2 is 1.50 bits per heavy atom. The zero-order valence-electron chi connectivity index (χ0n) is 7.52. The molecule has 46 valence electrons. The van der Waals surface area contributed by atoms with Crippen LogP contribution in [0.15, 0.2) is 0 Å². The van der Waals surface area contributed by atoms with Crippen LogP contribution in [0.2, 0.25) is 0 Å². The van der Waals surface area contributed by atoms with Gasteiger partial charge in [0.2, 0.25) is 0 Å². The molecule has 0 aromatic rings. The third-order valence-electron chi connectivity index (χ3n) is 1.41. The summed E-state index contributed by atoms with van der Waals surface area (Å²) < 4.78 is 0. The van der Waals surface area contributed by atoms with Gasteiger partial charge in [0.1, 0.15) is 0 Å². The Morgan fingerprint density at radius 3 is 1.50 bits per heavy atom. The van der Waals surface area contributed by atoms with E-state index in [-0.39, 0.29) is 31.0 Å². The molecule has 1 nitrogen and oxygen atoms in total. The van der Waals surface area contributed by atoms with Gasteiger partial charge in [-0.25, -0.2) is 0 Å². The summed E-state index contributed by atoms with van der Waals surface area (Å²) >= 11 is 0. The van der Waals surface area contributed by atoms with E-state index in [1.54, 1.807) is 0 Å². The quantitative estimate of drug-likeness (QED) is 0.425. The van der Waals surface area contributed by atoms with Gasteiger partial charge in [0.25, 0.3) is 0 Å². The van der Waals surface area contributed by atoms with Crippen molar-refractivity contribution in [2.24, 2.45) is 5.92 Å². The maximum Gasteiger partial charge on any atom is 1.00 e. The third-order valence-corrected chi connectivity index (χ3v) is 1.41. The fourth-order valence-corrected chi connectivity index (χ4v) is 0. The van der Waals surface area contributed by atoms with Crippen LogP contribution in [0.1, 0.15) is 29.1 Å². The summed E-state index contributed by atoms with van der Waals surface area (Å²) in [6.45, 7) is 7.63.